The molecule has 0 aliphatic heterocycles. The van der Waals surface area contributed by atoms with E-state index >= 15 is 0 Å². The van der Waals surface area contributed by atoms with E-state index in [2.05, 4.69) is 15.0 Å². The molecular weight excluding hydrogens is 224 g/mol. The maximum atomic E-state index is 5.54. The van der Waals surface area contributed by atoms with Gasteiger partial charge in [0.25, 0.3) is 0 Å². The lowest BCUT2D eigenvalue weighted by Gasteiger charge is -1.85. The summed E-state index contributed by atoms with van der Waals surface area (Å²) in [6, 6.07) is 3.64. The zero-order chi connectivity index (χ0) is 11.0. The molecule has 0 atom stereocenters. The molecule has 0 spiro atoms. The SMILES string of the molecule is NCc1nc(-c2nc3ncccc3o2)cs1. The largest absolute Gasteiger partial charge is 0.433 e. The third-order valence-corrected chi connectivity index (χ3v) is 2.98. The summed E-state index contributed by atoms with van der Waals surface area (Å²) < 4.78 is 5.54. The second kappa shape index (κ2) is 3.66. The van der Waals surface area contributed by atoms with Crippen molar-refractivity contribution in [2.75, 3.05) is 0 Å². The Morgan fingerprint density at radius 2 is 2.31 bits per heavy atom. The average Bonchev–Trinajstić information content (AvgIpc) is 2.95. The molecule has 0 fully saturated rings. The maximum Gasteiger partial charge on any atom is 0.248 e. The summed E-state index contributed by atoms with van der Waals surface area (Å²) in [5.74, 6) is 0.490. The molecule has 0 amide bonds. The maximum absolute atomic E-state index is 5.54. The number of aromatic nitrogens is 3. The van der Waals surface area contributed by atoms with Gasteiger partial charge in [-0.1, -0.05) is 0 Å². The minimum Gasteiger partial charge on any atom is -0.433 e. The van der Waals surface area contributed by atoms with Crippen LogP contribution in [0.3, 0.4) is 0 Å². The number of pyridine rings is 1. The summed E-state index contributed by atoms with van der Waals surface area (Å²) in [7, 11) is 0. The van der Waals surface area contributed by atoms with Crippen molar-refractivity contribution in [1.29, 1.82) is 0 Å². The fourth-order valence-corrected chi connectivity index (χ4v) is 2.03. The number of thiazole rings is 1. The fraction of sp³-hybridized carbons (Fsp3) is 0.100. The predicted octanol–water partition coefficient (Wildman–Crippen LogP) is 1.80. The van der Waals surface area contributed by atoms with Gasteiger partial charge >= 0.3 is 0 Å². The molecule has 0 aliphatic rings. The lowest BCUT2D eigenvalue weighted by Crippen LogP contribution is -1.94. The van der Waals surface area contributed by atoms with Crippen LogP contribution in [0.2, 0.25) is 0 Å². The fourth-order valence-electron chi connectivity index (χ4n) is 1.38. The van der Waals surface area contributed by atoms with E-state index in [0.29, 0.717) is 29.4 Å². The molecule has 0 saturated heterocycles. The minimum absolute atomic E-state index is 0.434. The molecule has 0 bridgehead atoms. The van der Waals surface area contributed by atoms with E-state index in [0.717, 1.165) is 5.01 Å². The Kier molecular flexibility index (Phi) is 2.16. The van der Waals surface area contributed by atoms with Gasteiger partial charge in [-0.2, -0.15) is 4.98 Å². The van der Waals surface area contributed by atoms with Gasteiger partial charge in [-0.15, -0.1) is 11.3 Å². The summed E-state index contributed by atoms with van der Waals surface area (Å²) in [6.45, 7) is 0.434. The van der Waals surface area contributed by atoms with Crippen LogP contribution in [0.5, 0.6) is 0 Å². The van der Waals surface area contributed by atoms with Crippen LogP contribution >= 0.6 is 11.3 Å². The van der Waals surface area contributed by atoms with E-state index in [1.165, 1.54) is 11.3 Å². The van der Waals surface area contributed by atoms with Crippen molar-refractivity contribution < 1.29 is 4.42 Å². The zero-order valence-electron chi connectivity index (χ0n) is 8.25. The van der Waals surface area contributed by atoms with Crippen LogP contribution in [-0.4, -0.2) is 15.0 Å². The van der Waals surface area contributed by atoms with Gasteiger partial charge in [0, 0.05) is 18.1 Å². The van der Waals surface area contributed by atoms with Gasteiger partial charge in [-0.05, 0) is 12.1 Å². The molecule has 3 rings (SSSR count). The molecule has 5 nitrogen and oxygen atoms in total. The Morgan fingerprint density at radius 1 is 1.38 bits per heavy atom. The van der Waals surface area contributed by atoms with Gasteiger partial charge in [0.2, 0.25) is 5.89 Å². The summed E-state index contributed by atoms with van der Waals surface area (Å²) in [4.78, 5) is 12.7. The molecule has 6 heteroatoms. The van der Waals surface area contributed by atoms with Crippen LogP contribution in [0.4, 0.5) is 0 Å². The van der Waals surface area contributed by atoms with Crippen LogP contribution in [-0.2, 0) is 6.54 Å². The minimum atomic E-state index is 0.434. The summed E-state index contributed by atoms with van der Waals surface area (Å²) in [6.07, 6.45) is 1.68. The summed E-state index contributed by atoms with van der Waals surface area (Å²) >= 11 is 1.50. The van der Waals surface area contributed by atoms with Crippen LogP contribution in [0.1, 0.15) is 5.01 Å². The van der Waals surface area contributed by atoms with Crippen molar-refractivity contribution in [3.8, 4) is 11.6 Å². The highest BCUT2D eigenvalue weighted by molar-refractivity contribution is 7.09. The van der Waals surface area contributed by atoms with E-state index in [1.54, 1.807) is 6.20 Å². The van der Waals surface area contributed by atoms with Gasteiger partial charge in [0.05, 0.1) is 0 Å². The lowest BCUT2D eigenvalue weighted by atomic mass is 10.5. The molecule has 16 heavy (non-hydrogen) atoms. The lowest BCUT2D eigenvalue weighted by molar-refractivity contribution is 0.617. The van der Waals surface area contributed by atoms with E-state index in [-0.39, 0.29) is 0 Å². The molecule has 0 aromatic carbocycles. The smallest absolute Gasteiger partial charge is 0.248 e. The third kappa shape index (κ3) is 1.48. The number of rotatable bonds is 2. The third-order valence-electron chi connectivity index (χ3n) is 2.11. The topological polar surface area (TPSA) is 77.8 Å². The number of nitrogens with two attached hydrogens (primary N) is 1. The van der Waals surface area contributed by atoms with Crippen molar-refractivity contribution in [1.82, 2.24) is 15.0 Å². The highest BCUT2D eigenvalue weighted by Gasteiger charge is 2.11. The zero-order valence-corrected chi connectivity index (χ0v) is 9.07. The van der Waals surface area contributed by atoms with Crippen molar-refractivity contribution in [2.45, 2.75) is 6.54 Å². The molecule has 0 saturated carbocycles. The van der Waals surface area contributed by atoms with E-state index in [1.807, 2.05) is 17.5 Å². The number of hydrogen-bond acceptors (Lipinski definition) is 6. The van der Waals surface area contributed by atoms with Crippen LogP contribution < -0.4 is 5.73 Å². The van der Waals surface area contributed by atoms with Crippen LogP contribution in [0.25, 0.3) is 22.8 Å². The standard InChI is InChI=1S/C10H8N4OS/c11-4-8-13-6(5-16-8)10-14-9-7(15-10)2-1-3-12-9/h1-3,5H,4,11H2. The van der Waals surface area contributed by atoms with Crippen molar-refractivity contribution in [2.24, 2.45) is 5.73 Å². The number of hydrogen-bond donors (Lipinski definition) is 1. The molecule has 80 valence electrons. The van der Waals surface area contributed by atoms with Crippen molar-refractivity contribution in [3.05, 3.63) is 28.7 Å². The second-order valence-corrected chi connectivity index (χ2v) is 4.12. The first-order valence-electron chi connectivity index (χ1n) is 4.73. The highest BCUT2D eigenvalue weighted by Crippen LogP contribution is 2.24. The first kappa shape index (κ1) is 9.44. The van der Waals surface area contributed by atoms with Gasteiger partial charge in [-0.25, -0.2) is 9.97 Å². The molecule has 0 unspecified atom stereocenters. The van der Waals surface area contributed by atoms with Gasteiger partial charge in [0.15, 0.2) is 11.2 Å². The highest BCUT2D eigenvalue weighted by atomic mass is 32.1. The van der Waals surface area contributed by atoms with Crippen LogP contribution in [0.15, 0.2) is 28.1 Å². The average molecular weight is 232 g/mol. The Morgan fingerprint density at radius 3 is 3.06 bits per heavy atom. The molecular formula is C10H8N4OS. The first-order valence-corrected chi connectivity index (χ1v) is 5.61. The molecule has 3 heterocycles. The van der Waals surface area contributed by atoms with Gasteiger partial charge in [-0.3, -0.25) is 0 Å². The number of fused-ring (bicyclic) bond motifs is 1. The van der Waals surface area contributed by atoms with Gasteiger partial charge < -0.3 is 10.2 Å². The molecule has 2 N–H and O–H groups in total. The Labute approximate surface area is 95.0 Å². The van der Waals surface area contributed by atoms with E-state index < -0.39 is 0 Å². The molecule has 3 aromatic heterocycles. The molecule has 0 aliphatic carbocycles. The monoisotopic (exact) mass is 232 g/mol. The molecule has 0 radical (unpaired) electrons. The first-order chi connectivity index (χ1) is 7.86. The van der Waals surface area contributed by atoms with E-state index in [4.69, 9.17) is 10.2 Å². The Balaban J connectivity index is 2.11. The number of oxazole rings is 1. The quantitative estimate of drug-likeness (QED) is 0.729. The normalized spacial score (nSPS) is 11.1. The molecule has 3 aromatic rings. The Hall–Kier alpha value is -1.79. The van der Waals surface area contributed by atoms with Crippen LogP contribution in [0, 0.1) is 0 Å². The van der Waals surface area contributed by atoms with Crippen molar-refractivity contribution in [3.63, 3.8) is 0 Å². The second-order valence-electron chi connectivity index (χ2n) is 3.17. The Bertz CT molecular complexity index is 597. The predicted molar refractivity (Wildman–Crippen MR) is 60.8 cm³/mol. The van der Waals surface area contributed by atoms with Crippen molar-refractivity contribution >= 4 is 22.6 Å². The number of nitrogens with zero attached hydrogens (tertiary/aromatic N) is 3. The van der Waals surface area contributed by atoms with Gasteiger partial charge in [0.1, 0.15) is 10.7 Å². The van der Waals surface area contributed by atoms with E-state index in [9.17, 15) is 0 Å². The summed E-state index contributed by atoms with van der Waals surface area (Å²) in [5, 5.41) is 2.75. The summed E-state index contributed by atoms with van der Waals surface area (Å²) in [5.41, 5.74) is 7.48.